The van der Waals surface area contributed by atoms with E-state index in [0.29, 0.717) is 28.4 Å². The number of nitriles is 1. The Kier molecular flexibility index (Phi) is 5.80. The zero-order valence-corrected chi connectivity index (χ0v) is 13.9. The Hall–Kier alpha value is -3.00. The van der Waals surface area contributed by atoms with E-state index in [4.69, 9.17) is 14.2 Å². The number of methoxy groups -OCH3 is 3. The number of benzene rings is 2. The maximum Gasteiger partial charge on any atom is 0.164 e. The molecule has 1 atom stereocenters. The van der Waals surface area contributed by atoms with Crippen LogP contribution in [0.3, 0.4) is 0 Å². The Morgan fingerprint density at radius 2 is 1.62 bits per heavy atom. The first-order chi connectivity index (χ1) is 11.6. The van der Waals surface area contributed by atoms with Crippen molar-refractivity contribution < 1.29 is 19.0 Å². The molecule has 0 aromatic heterocycles. The molecule has 0 radical (unpaired) electrons. The molecule has 0 heterocycles. The summed E-state index contributed by atoms with van der Waals surface area (Å²) in [6, 6.07) is 14.2. The van der Waals surface area contributed by atoms with Gasteiger partial charge in [-0.2, -0.15) is 5.26 Å². The summed E-state index contributed by atoms with van der Waals surface area (Å²) in [4.78, 5) is 12.5. The van der Waals surface area contributed by atoms with E-state index in [1.807, 2.05) is 0 Å². The molecule has 0 saturated heterocycles. The lowest BCUT2D eigenvalue weighted by molar-refractivity contribution is 0.0979. The standard InChI is InChI=1S/C19H19NO4/c1-22-15-6-4-13(5-7-15)18(21)10-14(12-20)17-11-16(23-2)8-9-19(17)24-3/h4-9,11,14H,10H2,1-3H3. The SMILES string of the molecule is COc1ccc(C(=O)CC(C#N)c2cc(OC)ccc2OC)cc1. The number of hydrogen-bond acceptors (Lipinski definition) is 5. The van der Waals surface area contributed by atoms with Gasteiger partial charge in [0.1, 0.15) is 17.2 Å². The normalized spacial score (nSPS) is 11.2. The smallest absolute Gasteiger partial charge is 0.164 e. The number of ether oxygens (including phenoxy) is 3. The molecule has 2 aromatic carbocycles. The zero-order valence-electron chi connectivity index (χ0n) is 13.9. The number of hydrogen-bond donors (Lipinski definition) is 0. The molecule has 2 aromatic rings. The summed E-state index contributed by atoms with van der Waals surface area (Å²) in [5.41, 5.74) is 1.18. The van der Waals surface area contributed by atoms with Crippen LogP contribution in [0.25, 0.3) is 0 Å². The average Bonchev–Trinajstić information content (AvgIpc) is 2.65. The molecule has 5 heteroatoms. The summed E-state index contributed by atoms with van der Waals surface area (Å²) in [5, 5.41) is 9.52. The van der Waals surface area contributed by atoms with Gasteiger partial charge in [-0.1, -0.05) is 0 Å². The van der Waals surface area contributed by atoms with Gasteiger partial charge < -0.3 is 14.2 Å². The Balaban J connectivity index is 2.25. The molecule has 5 nitrogen and oxygen atoms in total. The number of ketones is 1. The van der Waals surface area contributed by atoms with Crippen LogP contribution in [-0.4, -0.2) is 27.1 Å². The molecule has 24 heavy (non-hydrogen) atoms. The van der Waals surface area contributed by atoms with Crippen LogP contribution < -0.4 is 14.2 Å². The van der Waals surface area contributed by atoms with E-state index in [1.165, 1.54) is 7.11 Å². The van der Waals surface area contributed by atoms with Gasteiger partial charge in [0, 0.05) is 17.5 Å². The largest absolute Gasteiger partial charge is 0.497 e. The molecule has 0 saturated carbocycles. The van der Waals surface area contributed by atoms with Gasteiger partial charge in [0.25, 0.3) is 0 Å². The summed E-state index contributed by atoms with van der Waals surface area (Å²) in [6.45, 7) is 0. The highest BCUT2D eigenvalue weighted by Crippen LogP contribution is 2.33. The fourth-order valence-corrected chi connectivity index (χ4v) is 2.42. The third-order valence-corrected chi connectivity index (χ3v) is 3.77. The predicted molar refractivity (Wildman–Crippen MR) is 89.8 cm³/mol. The van der Waals surface area contributed by atoms with Gasteiger partial charge in [0.2, 0.25) is 0 Å². The molecule has 0 aliphatic rings. The van der Waals surface area contributed by atoms with Crippen molar-refractivity contribution >= 4 is 5.78 Å². The zero-order chi connectivity index (χ0) is 17.5. The first kappa shape index (κ1) is 17.4. The van der Waals surface area contributed by atoms with Gasteiger partial charge in [-0.3, -0.25) is 4.79 Å². The first-order valence-electron chi connectivity index (χ1n) is 7.41. The van der Waals surface area contributed by atoms with Crippen molar-refractivity contribution in [3.63, 3.8) is 0 Å². The molecular weight excluding hydrogens is 306 g/mol. The molecule has 0 aliphatic carbocycles. The highest BCUT2D eigenvalue weighted by atomic mass is 16.5. The van der Waals surface area contributed by atoms with Crippen LogP contribution in [0.5, 0.6) is 17.2 Å². The van der Waals surface area contributed by atoms with Crippen LogP contribution in [0.2, 0.25) is 0 Å². The molecule has 0 fully saturated rings. The Morgan fingerprint density at radius 3 is 2.17 bits per heavy atom. The highest BCUT2D eigenvalue weighted by Gasteiger charge is 2.21. The van der Waals surface area contributed by atoms with Crippen LogP contribution in [0.4, 0.5) is 0 Å². The molecule has 0 amide bonds. The molecular formula is C19H19NO4. The monoisotopic (exact) mass is 325 g/mol. The third-order valence-electron chi connectivity index (χ3n) is 3.77. The van der Waals surface area contributed by atoms with Crippen molar-refractivity contribution in [1.82, 2.24) is 0 Å². The van der Waals surface area contributed by atoms with E-state index in [1.54, 1.807) is 56.7 Å². The van der Waals surface area contributed by atoms with Crippen molar-refractivity contribution in [2.75, 3.05) is 21.3 Å². The van der Waals surface area contributed by atoms with Gasteiger partial charge in [0.15, 0.2) is 5.78 Å². The van der Waals surface area contributed by atoms with E-state index in [2.05, 4.69) is 6.07 Å². The van der Waals surface area contributed by atoms with Gasteiger partial charge in [-0.05, 0) is 42.5 Å². The fourth-order valence-electron chi connectivity index (χ4n) is 2.42. The second kappa shape index (κ2) is 8.02. The molecule has 124 valence electrons. The number of rotatable bonds is 7. The number of carbonyl (C=O) groups excluding carboxylic acids is 1. The Labute approximate surface area is 141 Å². The maximum absolute atomic E-state index is 12.5. The quantitative estimate of drug-likeness (QED) is 0.728. The van der Waals surface area contributed by atoms with Gasteiger partial charge in [-0.15, -0.1) is 0 Å². The number of Topliss-reactive ketones (excluding diaryl/α,β-unsaturated/α-hetero) is 1. The van der Waals surface area contributed by atoms with E-state index in [-0.39, 0.29) is 12.2 Å². The van der Waals surface area contributed by atoms with Crippen molar-refractivity contribution in [2.24, 2.45) is 0 Å². The van der Waals surface area contributed by atoms with Crippen LogP contribution in [0.1, 0.15) is 28.3 Å². The van der Waals surface area contributed by atoms with Crippen LogP contribution in [-0.2, 0) is 0 Å². The van der Waals surface area contributed by atoms with Crippen molar-refractivity contribution in [3.8, 4) is 23.3 Å². The molecule has 0 spiro atoms. The van der Waals surface area contributed by atoms with Crippen molar-refractivity contribution in [1.29, 1.82) is 5.26 Å². The number of nitrogens with zero attached hydrogens (tertiary/aromatic N) is 1. The third kappa shape index (κ3) is 3.85. The fraction of sp³-hybridized carbons (Fsp3) is 0.263. The Bertz CT molecular complexity index is 747. The van der Waals surface area contributed by atoms with Gasteiger partial charge >= 0.3 is 0 Å². The minimum absolute atomic E-state index is 0.0619. The van der Waals surface area contributed by atoms with E-state index < -0.39 is 5.92 Å². The lowest BCUT2D eigenvalue weighted by atomic mass is 9.92. The van der Waals surface area contributed by atoms with E-state index in [0.717, 1.165) is 0 Å². The van der Waals surface area contributed by atoms with Crippen LogP contribution in [0.15, 0.2) is 42.5 Å². The second-order valence-electron chi connectivity index (χ2n) is 5.15. The van der Waals surface area contributed by atoms with Crippen LogP contribution >= 0.6 is 0 Å². The number of carbonyl (C=O) groups is 1. The minimum Gasteiger partial charge on any atom is -0.497 e. The van der Waals surface area contributed by atoms with Crippen molar-refractivity contribution in [2.45, 2.75) is 12.3 Å². The summed E-state index contributed by atoms with van der Waals surface area (Å²) in [6.07, 6.45) is 0.0619. The maximum atomic E-state index is 12.5. The molecule has 2 rings (SSSR count). The first-order valence-corrected chi connectivity index (χ1v) is 7.41. The second-order valence-corrected chi connectivity index (χ2v) is 5.15. The topological polar surface area (TPSA) is 68.6 Å². The molecule has 0 N–H and O–H groups in total. The van der Waals surface area contributed by atoms with E-state index in [9.17, 15) is 10.1 Å². The Morgan fingerprint density at radius 1 is 1.00 bits per heavy atom. The van der Waals surface area contributed by atoms with Crippen molar-refractivity contribution in [3.05, 3.63) is 53.6 Å². The van der Waals surface area contributed by atoms with Crippen LogP contribution in [0, 0.1) is 11.3 Å². The summed E-state index contributed by atoms with van der Waals surface area (Å²) >= 11 is 0. The summed E-state index contributed by atoms with van der Waals surface area (Å²) in [7, 11) is 4.65. The van der Waals surface area contributed by atoms with Gasteiger partial charge in [0.05, 0.1) is 33.3 Å². The molecule has 0 aliphatic heterocycles. The summed E-state index contributed by atoms with van der Waals surface area (Å²) in [5.74, 6) is 1.12. The lowest BCUT2D eigenvalue weighted by Crippen LogP contribution is -2.08. The average molecular weight is 325 g/mol. The lowest BCUT2D eigenvalue weighted by Gasteiger charge is -2.14. The molecule has 1 unspecified atom stereocenters. The van der Waals surface area contributed by atoms with E-state index >= 15 is 0 Å². The summed E-state index contributed by atoms with van der Waals surface area (Å²) < 4.78 is 15.6. The highest BCUT2D eigenvalue weighted by molar-refractivity contribution is 5.97. The predicted octanol–water partition coefficient (Wildman–Crippen LogP) is 3.59. The van der Waals surface area contributed by atoms with Gasteiger partial charge in [-0.25, -0.2) is 0 Å². The molecule has 0 bridgehead atoms. The minimum atomic E-state index is -0.621.